The van der Waals surface area contributed by atoms with Crippen LogP contribution in [0.1, 0.15) is 184 Å². The average Bonchev–Trinajstić information content (AvgIpc) is 1.61. The number of fused-ring (bicyclic) bond motifs is 4. The number of imide groups is 1. The molecule has 6 aliphatic rings. The highest BCUT2D eigenvalue weighted by Crippen LogP contribution is 2.45. The lowest BCUT2D eigenvalue weighted by molar-refractivity contribution is -0.140. The van der Waals surface area contributed by atoms with Gasteiger partial charge in [-0.15, -0.1) is 0 Å². The lowest BCUT2D eigenvalue weighted by Crippen LogP contribution is -2.53. The highest BCUT2D eigenvalue weighted by molar-refractivity contribution is 6.09. The maximum atomic E-state index is 14.5. The van der Waals surface area contributed by atoms with Gasteiger partial charge in [-0.2, -0.15) is 0 Å². The standard InChI is InChI=1S/C104H148N12O31/c1-66(2)92(110-89(118)30-36-135-40-39-132-9)96(123)106-70(7)94(121)108-75-25-21-72(22-26-75)64-146-103(130)115-80-60-86(84(133-10)57-78(80)99(126)113-62-68(5)55-82(113)101(115)128)144-34-17-14-18-35-145-87-61-81-79(58-85(87)134-11)100(127)114-63-69(6)56-83(114)102(129)116(81)104(131)147-65-73-23-27-76(28-24-73)109-95(122)71(8)107-97(124)93(67(3)4)111-90(119)31-37-136-41-43-138-45-47-140-49-51-142-53-54-143-52-50-141-48-46-139-44-42-137-38-32-105-88(117)29-33-112-91(120)59-77(98(112)125)74-19-15-12-13-16-20-74/h21-28,57-58,60-63,66-67,70-71,74,77,82-83,92-93,101-102,128-129H,12-20,29-56,59,64-65H2,1-11H3,(H,105,117)(H,106,123)(H,107,124)(H,108,121)(H,109,122)(H,110,118)(H,111,119)/t70-,71-,77?,82-,83-,92-,93-,101-,102-/m0/s1. The topological polar surface area (TPSA) is 510 Å². The summed E-state index contributed by atoms with van der Waals surface area (Å²) in [6.07, 6.45) is 6.83. The summed E-state index contributed by atoms with van der Waals surface area (Å²) in [6.45, 7) is 19.8. The van der Waals surface area contributed by atoms with Crippen LogP contribution in [-0.4, -0.2) is 324 Å². The van der Waals surface area contributed by atoms with E-state index in [4.69, 9.17) is 75.8 Å². The molecule has 10 rings (SSSR count). The van der Waals surface area contributed by atoms with E-state index in [0.717, 1.165) is 46.6 Å². The quantitative estimate of drug-likeness (QED) is 0.0114. The minimum Gasteiger partial charge on any atom is -0.493 e. The van der Waals surface area contributed by atoms with Gasteiger partial charge in [0, 0.05) is 81.8 Å². The molecule has 13 amide bonds. The van der Waals surface area contributed by atoms with E-state index in [1.165, 1.54) is 87.0 Å². The molecule has 43 nitrogen and oxygen atoms in total. The van der Waals surface area contributed by atoms with E-state index in [1.54, 1.807) is 95.5 Å². The van der Waals surface area contributed by atoms with Crippen molar-refractivity contribution in [1.82, 2.24) is 41.3 Å². The molecule has 2 fully saturated rings. The highest BCUT2D eigenvalue weighted by Gasteiger charge is 2.49. The molecule has 9 N–H and O–H groups in total. The predicted molar refractivity (Wildman–Crippen MR) is 536 cm³/mol. The zero-order valence-corrected chi connectivity index (χ0v) is 86.3. The summed E-state index contributed by atoms with van der Waals surface area (Å²) in [5.41, 5.74) is 3.29. The summed E-state index contributed by atoms with van der Waals surface area (Å²) < 4.78 is 90.6. The molecule has 1 saturated carbocycles. The molecule has 1 unspecified atom stereocenters. The van der Waals surface area contributed by atoms with Crippen LogP contribution >= 0.6 is 0 Å². The number of aliphatic hydroxyl groups is 2. The second-order valence-corrected chi connectivity index (χ2v) is 37.4. The molecular weight excluding hydrogens is 1910 g/mol. The van der Waals surface area contributed by atoms with Crippen molar-refractivity contribution in [1.29, 1.82) is 0 Å². The van der Waals surface area contributed by atoms with E-state index in [2.05, 4.69) is 37.2 Å². The zero-order valence-electron chi connectivity index (χ0n) is 86.3. The summed E-state index contributed by atoms with van der Waals surface area (Å²) in [5.74, 6) is -4.60. The first-order valence-corrected chi connectivity index (χ1v) is 50.6. The van der Waals surface area contributed by atoms with E-state index in [9.17, 15) is 72.5 Å². The first-order chi connectivity index (χ1) is 70.9. The van der Waals surface area contributed by atoms with Crippen LogP contribution in [0.2, 0.25) is 0 Å². The number of anilines is 4. The van der Waals surface area contributed by atoms with Crippen molar-refractivity contribution in [3.05, 3.63) is 119 Å². The summed E-state index contributed by atoms with van der Waals surface area (Å²) in [7, 11) is 4.34. The van der Waals surface area contributed by atoms with Gasteiger partial charge < -0.3 is 133 Å². The smallest absolute Gasteiger partial charge is 0.416 e. The summed E-state index contributed by atoms with van der Waals surface area (Å²) in [4.78, 5) is 181. The van der Waals surface area contributed by atoms with Crippen LogP contribution < -0.4 is 66.0 Å². The van der Waals surface area contributed by atoms with Crippen LogP contribution in [0.25, 0.3) is 0 Å². The Morgan fingerprint density at radius 3 is 1.18 bits per heavy atom. The Bertz CT molecular complexity index is 5040. The molecular formula is C104H148N12O31. The molecule has 4 aromatic carbocycles. The Kier molecular flexibility index (Phi) is 48.6. The highest BCUT2D eigenvalue weighted by atomic mass is 16.6. The molecule has 5 heterocycles. The number of nitrogens with zero attached hydrogens (tertiary/aromatic N) is 5. The van der Waals surface area contributed by atoms with E-state index < -0.39 is 102 Å². The average molecular weight is 2060 g/mol. The number of ether oxygens (including phenoxy) is 16. The van der Waals surface area contributed by atoms with Gasteiger partial charge in [0.2, 0.25) is 53.2 Å². The number of hydrogen-bond acceptors (Lipinski definition) is 31. The number of amides is 13. The third kappa shape index (κ3) is 35.9. The van der Waals surface area contributed by atoms with Crippen LogP contribution in [0.4, 0.5) is 32.3 Å². The molecule has 810 valence electrons. The molecule has 4 aromatic rings. The van der Waals surface area contributed by atoms with Crippen molar-refractivity contribution in [3.63, 3.8) is 0 Å². The number of carbonyl (C=O) groups excluding carboxylic acids is 13. The fraction of sp³-hybridized carbons (Fsp3) is 0.606. The normalized spacial score (nSPS) is 18.0. The maximum Gasteiger partial charge on any atom is 0.416 e. The fourth-order valence-corrected chi connectivity index (χ4v) is 17.4. The molecule has 5 aliphatic heterocycles. The molecule has 0 bridgehead atoms. The Hall–Kier alpha value is -12.0. The Balaban J connectivity index is 0.584. The van der Waals surface area contributed by atoms with Crippen molar-refractivity contribution >= 4 is 99.9 Å². The maximum absolute atomic E-state index is 14.5. The molecule has 147 heavy (non-hydrogen) atoms. The number of methoxy groups -OCH3 is 3. The lowest BCUT2D eigenvalue weighted by atomic mass is 9.85. The summed E-state index contributed by atoms with van der Waals surface area (Å²) >= 11 is 0. The predicted octanol–water partition coefficient (Wildman–Crippen LogP) is 8.11. The van der Waals surface area contributed by atoms with E-state index in [1.807, 2.05) is 6.92 Å². The number of hydrogen-bond donors (Lipinski definition) is 9. The summed E-state index contributed by atoms with van der Waals surface area (Å²) in [5, 5.41) is 43.3. The van der Waals surface area contributed by atoms with Gasteiger partial charge in [-0.3, -0.25) is 57.6 Å². The van der Waals surface area contributed by atoms with Gasteiger partial charge in [0.25, 0.3) is 11.8 Å². The van der Waals surface area contributed by atoms with Gasteiger partial charge >= 0.3 is 12.2 Å². The number of rotatable bonds is 63. The van der Waals surface area contributed by atoms with Gasteiger partial charge in [0.05, 0.1) is 193 Å². The van der Waals surface area contributed by atoms with Crippen molar-refractivity contribution in [2.75, 3.05) is 194 Å². The molecule has 9 atom stereocenters. The Labute approximate surface area is 858 Å². The van der Waals surface area contributed by atoms with E-state index >= 15 is 0 Å². The SMILES string of the molecule is COCCOCCC(=O)N[C@H](C(=O)N[C@@H](C)C(=O)Nc1ccc(COC(=O)N2c3cc(OCCCCCOc4cc5c(cc4OC)C(=O)N4C=C(C)C[C@H]4[C@H](O)N5C(=O)OCc4ccc(NC(=O)[C@H](C)NC(=O)[C@@H](NC(=O)CCOCCOCCOCCOCCOCCOCCOCCOCCNC(=O)CCN5C(=O)CC(C6CCCCCC6)C5=O)C(C)C)cc4)c(OC)cc3C(=O)N3C=C(C)C[C@H]3[C@@H]2O)cc1)C(C)C. The van der Waals surface area contributed by atoms with Crippen LogP contribution in [-0.2, 0) is 113 Å². The molecule has 1 aliphatic carbocycles. The van der Waals surface area contributed by atoms with E-state index in [0.29, 0.717) is 147 Å². The summed E-state index contributed by atoms with van der Waals surface area (Å²) in [6, 6.07) is 12.8. The molecule has 1 saturated heterocycles. The molecule has 0 spiro atoms. The zero-order chi connectivity index (χ0) is 106. The number of unbranched alkanes of at least 4 members (excludes halogenated alkanes) is 2. The van der Waals surface area contributed by atoms with Gasteiger partial charge in [-0.25, -0.2) is 19.4 Å². The minimum atomic E-state index is -1.60. The molecule has 0 aromatic heterocycles. The van der Waals surface area contributed by atoms with Crippen molar-refractivity contribution < 1.29 is 148 Å². The number of benzene rings is 4. The van der Waals surface area contributed by atoms with E-state index in [-0.39, 0.29) is 191 Å². The second-order valence-electron chi connectivity index (χ2n) is 37.4. The van der Waals surface area contributed by atoms with Crippen molar-refractivity contribution in [2.45, 2.75) is 214 Å². The van der Waals surface area contributed by atoms with Gasteiger partial charge in [0.1, 0.15) is 37.4 Å². The van der Waals surface area contributed by atoms with Crippen LogP contribution in [0.15, 0.2) is 96.3 Å². The van der Waals surface area contributed by atoms with Crippen molar-refractivity contribution in [3.8, 4) is 23.0 Å². The number of nitrogens with one attached hydrogen (secondary N) is 7. The fourth-order valence-electron chi connectivity index (χ4n) is 17.4. The van der Waals surface area contributed by atoms with Crippen molar-refractivity contribution in [2.24, 2.45) is 23.7 Å². The van der Waals surface area contributed by atoms with Crippen LogP contribution in [0, 0.1) is 23.7 Å². The molecule has 43 heteroatoms. The van der Waals surface area contributed by atoms with Gasteiger partial charge in [-0.1, -0.05) is 88.8 Å². The number of aliphatic hydroxyl groups excluding tert-OH is 2. The van der Waals surface area contributed by atoms with Gasteiger partial charge in [-0.05, 0) is 138 Å². The Morgan fingerprint density at radius 1 is 0.415 bits per heavy atom. The number of carbonyl (C=O) groups is 13. The van der Waals surface area contributed by atoms with Gasteiger partial charge in [0.15, 0.2) is 35.5 Å². The third-order valence-electron chi connectivity index (χ3n) is 25.5. The first-order valence-electron chi connectivity index (χ1n) is 50.6. The largest absolute Gasteiger partial charge is 0.493 e. The van der Waals surface area contributed by atoms with Crippen LogP contribution in [0.5, 0.6) is 23.0 Å². The van der Waals surface area contributed by atoms with Crippen LogP contribution in [0.3, 0.4) is 0 Å². The number of likely N-dealkylation sites (tertiary alicyclic amines) is 1. The third-order valence-corrected chi connectivity index (χ3v) is 25.5. The molecule has 0 radical (unpaired) electrons. The minimum absolute atomic E-state index is 0.00376. The Morgan fingerprint density at radius 2 is 0.796 bits per heavy atom. The monoisotopic (exact) mass is 2060 g/mol. The lowest BCUT2D eigenvalue weighted by Gasteiger charge is -2.31. The first kappa shape index (κ1) is 117. The second kappa shape index (κ2) is 61.1.